The van der Waals surface area contributed by atoms with Crippen LogP contribution < -0.4 is 0 Å². The minimum Gasteiger partial charge on any atom is -0.207 e. The molecule has 1 aromatic carbocycles. The first-order chi connectivity index (χ1) is 5.41. The fourth-order valence-corrected chi connectivity index (χ4v) is 2.25. The van der Waals surface area contributed by atoms with Gasteiger partial charge in [0.15, 0.2) is 0 Å². The number of hydrogen-bond acceptors (Lipinski definition) is 2. The highest BCUT2D eigenvalue weighted by atomic mass is 127. The van der Waals surface area contributed by atoms with E-state index in [9.17, 15) is 8.42 Å². The molecular formula is C6H3Cl2IO2S. The molecule has 0 aliphatic heterocycles. The standard InChI is InChI=1S/C6H3Cl2IO2S/c7-5-2-1-4(3-6(5)9)12(8,10)11/h1-3H. The van der Waals surface area contributed by atoms with Crippen LogP contribution in [0.4, 0.5) is 0 Å². The third kappa shape index (κ3) is 2.48. The Balaban J connectivity index is 3.33. The van der Waals surface area contributed by atoms with Gasteiger partial charge in [0.2, 0.25) is 0 Å². The molecule has 6 heteroatoms. The molecule has 66 valence electrons. The lowest BCUT2D eigenvalue weighted by atomic mass is 10.4. The predicted octanol–water partition coefficient (Wildman–Crippen LogP) is 2.87. The summed E-state index contributed by atoms with van der Waals surface area (Å²) in [5.74, 6) is 0. The van der Waals surface area contributed by atoms with Gasteiger partial charge in [0, 0.05) is 14.3 Å². The quantitative estimate of drug-likeness (QED) is 0.583. The van der Waals surface area contributed by atoms with E-state index in [-0.39, 0.29) is 4.90 Å². The number of halogens is 3. The molecule has 0 amide bonds. The molecular weight excluding hydrogens is 334 g/mol. The summed E-state index contributed by atoms with van der Waals surface area (Å²) in [5.41, 5.74) is 0. The molecule has 0 aliphatic carbocycles. The zero-order chi connectivity index (χ0) is 9.35. The second-order valence-corrected chi connectivity index (χ2v) is 6.15. The molecule has 0 saturated heterocycles. The highest BCUT2D eigenvalue weighted by molar-refractivity contribution is 14.1. The highest BCUT2D eigenvalue weighted by Crippen LogP contribution is 2.23. The Labute approximate surface area is 93.4 Å². The molecule has 0 radical (unpaired) electrons. The van der Waals surface area contributed by atoms with Crippen molar-refractivity contribution in [2.24, 2.45) is 0 Å². The number of benzene rings is 1. The summed E-state index contributed by atoms with van der Waals surface area (Å²) in [6, 6.07) is 4.29. The summed E-state index contributed by atoms with van der Waals surface area (Å²) >= 11 is 7.62. The van der Waals surface area contributed by atoms with Crippen molar-refractivity contribution in [3.63, 3.8) is 0 Å². The van der Waals surface area contributed by atoms with Crippen LogP contribution in [-0.2, 0) is 9.05 Å². The molecule has 0 N–H and O–H groups in total. The van der Waals surface area contributed by atoms with E-state index in [0.29, 0.717) is 8.59 Å². The van der Waals surface area contributed by atoms with Gasteiger partial charge in [-0.15, -0.1) is 0 Å². The average Bonchev–Trinajstić information content (AvgIpc) is 1.92. The Hall–Kier alpha value is 0.480. The third-order valence-corrected chi connectivity index (χ3v) is 4.07. The van der Waals surface area contributed by atoms with Crippen LogP contribution in [0.25, 0.3) is 0 Å². The topological polar surface area (TPSA) is 34.1 Å². The van der Waals surface area contributed by atoms with Gasteiger partial charge in [0.25, 0.3) is 9.05 Å². The van der Waals surface area contributed by atoms with E-state index in [2.05, 4.69) is 0 Å². The van der Waals surface area contributed by atoms with Crippen molar-refractivity contribution >= 4 is 53.9 Å². The molecule has 0 fully saturated rings. The Kier molecular flexibility index (Phi) is 3.25. The van der Waals surface area contributed by atoms with Gasteiger partial charge < -0.3 is 0 Å². The van der Waals surface area contributed by atoms with E-state index in [0.717, 1.165) is 0 Å². The molecule has 0 saturated carbocycles. The van der Waals surface area contributed by atoms with Crippen LogP contribution in [0.2, 0.25) is 5.02 Å². The van der Waals surface area contributed by atoms with Gasteiger partial charge in [-0.05, 0) is 40.8 Å². The lowest BCUT2D eigenvalue weighted by Gasteiger charge is -1.98. The van der Waals surface area contributed by atoms with E-state index < -0.39 is 9.05 Å². The molecule has 0 aliphatic rings. The van der Waals surface area contributed by atoms with Crippen molar-refractivity contribution in [3.8, 4) is 0 Å². The monoisotopic (exact) mass is 336 g/mol. The zero-order valence-corrected chi connectivity index (χ0v) is 10.1. The largest absolute Gasteiger partial charge is 0.261 e. The maximum Gasteiger partial charge on any atom is 0.261 e. The lowest BCUT2D eigenvalue weighted by Crippen LogP contribution is -1.90. The molecule has 0 spiro atoms. The Bertz CT molecular complexity index is 402. The van der Waals surface area contributed by atoms with E-state index in [1.807, 2.05) is 22.6 Å². The van der Waals surface area contributed by atoms with Crippen LogP contribution in [0.1, 0.15) is 0 Å². The molecule has 1 rings (SSSR count). The van der Waals surface area contributed by atoms with Crippen molar-refractivity contribution in [3.05, 3.63) is 26.8 Å². The molecule has 12 heavy (non-hydrogen) atoms. The van der Waals surface area contributed by atoms with Gasteiger partial charge in [-0.25, -0.2) is 8.42 Å². The maximum absolute atomic E-state index is 10.8. The zero-order valence-electron chi connectivity index (χ0n) is 5.59. The first-order valence-corrected chi connectivity index (χ1v) is 6.57. The molecule has 2 nitrogen and oxygen atoms in total. The summed E-state index contributed by atoms with van der Waals surface area (Å²) in [4.78, 5) is 0.0676. The van der Waals surface area contributed by atoms with E-state index in [1.165, 1.54) is 18.2 Å². The van der Waals surface area contributed by atoms with Crippen molar-refractivity contribution < 1.29 is 8.42 Å². The van der Waals surface area contributed by atoms with Crippen LogP contribution in [0.3, 0.4) is 0 Å². The van der Waals surface area contributed by atoms with Gasteiger partial charge in [-0.1, -0.05) is 11.6 Å². The van der Waals surface area contributed by atoms with Crippen LogP contribution in [0.5, 0.6) is 0 Å². The summed E-state index contributed by atoms with van der Waals surface area (Å²) < 4.78 is 22.3. The van der Waals surface area contributed by atoms with E-state index in [1.54, 1.807) is 0 Å². The molecule has 0 bridgehead atoms. The summed E-state index contributed by atoms with van der Waals surface area (Å²) in [5, 5.41) is 0.514. The van der Waals surface area contributed by atoms with Crippen molar-refractivity contribution in [2.75, 3.05) is 0 Å². The first kappa shape index (κ1) is 10.6. The van der Waals surface area contributed by atoms with Gasteiger partial charge in [0.05, 0.1) is 9.92 Å². The van der Waals surface area contributed by atoms with E-state index >= 15 is 0 Å². The Morgan fingerprint density at radius 3 is 2.33 bits per heavy atom. The Morgan fingerprint density at radius 1 is 1.33 bits per heavy atom. The van der Waals surface area contributed by atoms with Gasteiger partial charge in [-0.2, -0.15) is 0 Å². The smallest absolute Gasteiger partial charge is 0.207 e. The summed E-state index contributed by atoms with van der Waals surface area (Å²) in [6.45, 7) is 0. The molecule has 0 heterocycles. The summed E-state index contributed by atoms with van der Waals surface area (Å²) in [6.07, 6.45) is 0. The second-order valence-electron chi connectivity index (χ2n) is 2.01. The minimum absolute atomic E-state index is 0.0676. The average molecular weight is 337 g/mol. The third-order valence-electron chi connectivity index (χ3n) is 1.17. The fourth-order valence-electron chi connectivity index (χ4n) is 0.629. The van der Waals surface area contributed by atoms with E-state index in [4.69, 9.17) is 22.3 Å². The van der Waals surface area contributed by atoms with Crippen LogP contribution in [0.15, 0.2) is 23.1 Å². The highest BCUT2D eigenvalue weighted by Gasteiger charge is 2.10. The first-order valence-electron chi connectivity index (χ1n) is 2.81. The molecule has 1 aromatic rings. The van der Waals surface area contributed by atoms with Crippen molar-refractivity contribution in [2.45, 2.75) is 4.90 Å². The number of hydrogen-bond donors (Lipinski definition) is 0. The molecule has 0 aromatic heterocycles. The fraction of sp³-hybridized carbons (Fsp3) is 0. The SMILES string of the molecule is O=S(=O)(Cl)c1ccc(Cl)c(I)c1. The van der Waals surface area contributed by atoms with Crippen LogP contribution in [-0.4, -0.2) is 8.42 Å². The predicted molar refractivity (Wildman–Crippen MR) is 57.2 cm³/mol. The van der Waals surface area contributed by atoms with Crippen LogP contribution in [0, 0.1) is 3.57 Å². The second kappa shape index (κ2) is 3.69. The van der Waals surface area contributed by atoms with Gasteiger partial charge in [-0.3, -0.25) is 0 Å². The normalized spacial score (nSPS) is 11.6. The lowest BCUT2D eigenvalue weighted by molar-refractivity contribution is 0.609. The minimum atomic E-state index is -3.63. The number of rotatable bonds is 1. The van der Waals surface area contributed by atoms with Gasteiger partial charge >= 0.3 is 0 Å². The molecule has 0 atom stereocenters. The maximum atomic E-state index is 10.8. The van der Waals surface area contributed by atoms with Crippen molar-refractivity contribution in [1.29, 1.82) is 0 Å². The van der Waals surface area contributed by atoms with Crippen LogP contribution >= 0.6 is 44.9 Å². The Morgan fingerprint density at radius 2 is 1.92 bits per heavy atom. The van der Waals surface area contributed by atoms with Gasteiger partial charge in [0.1, 0.15) is 0 Å². The van der Waals surface area contributed by atoms with Crippen molar-refractivity contribution in [1.82, 2.24) is 0 Å². The molecule has 0 unspecified atom stereocenters. The summed E-state index contributed by atoms with van der Waals surface area (Å²) in [7, 11) is 1.48.